The van der Waals surface area contributed by atoms with Gasteiger partial charge in [0.25, 0.3) is 0 Å². The van der Waals surface area contributed by atoms with Gasteiger partial charge in [-0.3, -0.25) is 0 Å². The average Bonchev–Trinajstić information content (AvgIpc) is 2.30. The van der Waals surface area contributed by atoms with Crippen molar-refractivity contribution < 1.29 is 5.11 Å². The van der Waals surface area contributed by atoms with Crippen LogP contribution in [0.25, 0.3) is 11.1 Å². The maximum atomic E-state index is 9.42. The van der Waals surface area contributed by atoms with Crippen LogP contribution in [0.15, 0.2) is 36.4 Å². The summed E-state index contributed by atoms with van der Waals surface area (Å²) in [4.78, 5) is 0. The molecule has 0 aromatic carbocycles. The fourth-order valence-electron chi connectivity index (χ4n) is 1.42. The van der Waals surface area contributed by atoms with E-state index in [1.54, 1.807) is 6.07 Å². The Balaban J connectivity index is 2.79. The molecule has 2 rings (SSSR count). The first kappa shape index (κ1) is 7.17. The molecule has 0 saturated carbocycles. The quantitative estimate of drug-likeness (QED) is 0.625. The van der Waals surface area contributed by atoms with Gasteiger partial charge in [0.2, 0.25) is 0 Å². The lowest BCUT2D eigenvalue weighted by Crippen LogP contribution is -1.68. The van der Waals surface area contributed by atoms with Gasteiger partial charge in [0.1, 0.15) is 5.75 Å². The van der Waals surface area contributed by atoms with E-state index in [1.807, 2.05) is 37.3 Å². The number of aromatic hydroxyl groups is 1. The lowest BCUT2D eigenvalue weighted by atomic mass is 10.1. The van der Waals surface area contributed by atoms with Crippen LogP contribution in [0.1, 0.15) is 5.56 Å². The molecule has 0 fully saturated rings. The zero-order chi connectivity index (χ0) is 8.55. The second kappa shape index (κ2) is 2.52. The summed E-state index contributed by atoms with van der Waals surface area (Å²) in [7, 11) is 0. The van der Waals surface area contributed by atoms with E-state index in [-0.39, 0.29) is 0 Å². The van der Waals surface area contributed by atoms with E-state index in [1.165, 1.54) is 0 Å². The average molecular weight is 158 g/mol. The van der Waals surface area contributed by atoms with Crippen molar-refractivity contribution in [3.8, 4) is 16.9 Å². The number of rotatable bonds is 0. The molecule has 0 aromatic rings. The van der Waals surface area contributed by atoms with Crippen molar-refractivity contribution in [1.29, 1.82) is 0 Å². The normalized spacial score (nSPS) is 10.4. The van der Waals surface area contributed by atoms with Gasteiger partial charge in [-0.05, 0) is 29.7 Å². The molecule has 2 aliphatic rings. The Kier molecular flexibility index (Phi) is 1.51. The van der Waals surface area contributed by atoms with Crippen molar-refractivity contribution >= 4 is 0 Å². The highest BCUT2D eigenvalue weighted by Gasteiger charge is 2.08. The minimum absolute atomic E-state index is 0.385. The standard InChI is InChI=1S/C11H10O/c1-8-10-6-4-2-3-5-9(10)7-11(8)12/h2-7,12H,1H3. The van der Waals surface area contributed by atoms with Gasteiger partial charge in [-0.15, -0.1) is 0 Å². The van der Waals surface area contributed by atoms with Gasteiger partial charge in [0.05, 0.1) is 0 Å². The Hall–Kier alpha value is -1.50. The molecule has 0 heterocycles. The molecule has 60 valence electrons. The van der Waals surface area contributed by atoms with Gasteiger partial charge in [0, 0.05) is 0 Å². The molecule has 0 saturated heterocycles. The van der Waals surface area contributed by atoms with E-state index < -0.39 is 0 Å². The van der Waals surface area contributed by atoms with Crippen molar-refractivity contribution in [3.05, 3.63) is 42.0 Å². The van der Waals surface area contributed by atoms with Crippen LogP contribution >= 0.6 is 0 Å². The van der Waals surface area contributed by atoms with Gasteiger partial charge in [-0.1, -0.05) is 30.3 Å². The second-order valence-electron chi connectivity index (χ2n) is 2.93. The predicted octanol–water partition coefficient (Wildman–Crippen LogP) is 2.81. The Labute approximate surface area is 71.6 Å². The van der Waals surface area contributed by atoms with Crippen LogP contribution in [-0.2, 0) is 0 Å². The third kappa shape index (κ3) is 0.944. The third-order valence-electron chi connectivity index (χ3n) is 2.15. The van der Waals surface area contributed by atoms with Crippen LogP contribution < -0.4 is 0 Å². The van der Waals surface area contributed by atoms with Gasteiger partial charge >= 0.3 is 0 Å². The molecule has 2 aliphatic carbocycles. The Bertz CT molecular complexity index is 379. The zero-order valence-electron chi connectivity index (χ0n) is 6.91. The molecule has 0 atom stereocenters. The Morgan fingerprint density at radius 1 is 1.08 bits per heavy atom. The topological polar surface area (TPSA) is 20.2 Å². The minimum atomic E-state index is 0.385. The lowest BCUT2D eigenvalue weighted by molar-refractivity contribution is 0.474. The summed E-state index contributed by atoms with van der Waals surface area (Å²) in [6, 6.07) is 11.8. The first-order valence-corrected chi connectivity index (χ1v) is 3.96. The SMILES string of the molecule is Cc1c(O)cc2cccccc1-2. The van der Waals surface area contributed by atoms with Gasteiger partial charge in [-0.2, -0.15) is 0 Å². The molecule has 0 aromatic heterocycles. The Morgan fingerprint density at radius 3 is 2.67 bits per heavy atom. The highest BCUT2D eigenvalue weighted by atomic mass is 16.3. The summed E-state index contributed by atoms with van der Waals surface area (Å²) < 4.78 is 0. The van der Waals surface area contributed by atoms with Crippen molar-refractivity contribution in [2.75, 3.05) is 0 Å². The van der Waals surface area contributed by atoms with Crippen LogP contribution in [-0.4, -0.2) is 5.11 Å². The molecule has 1 nitrogen and oxygen atoms in total. The molecular weight excluding hydrogens is 148 g/mol. The van der Waals surface area contributed by atoms with Gasteiger partial charge < -0.3 is 5.11 Å². The van der Waals surface area contributed by atoms with E-state index in [4.69, 9.17) is 0 Å². The van der Waals surface area contributed by atoms with E-state index in [9.17, 15) is 5.11 Å². The molecule has 0 bridgehead atoms. The summed E-state index contributed by atoms with van der Waals surface area (Å²) >= 11 is 0. The van der Waals surface area contributed by atoms with E-state index in [0.29, 0.717) is 5.75 Å². The van der Waals surface area contributed by atoms with Crippen LogP contribution in [0.4, 0.5) is 0 Å². The molecule has 0 radical (unpaired) electrons. The van der Waals surface area contributed by atoms with E-state index >= 15 is 0 Å². The first-order valence-electron chi connectivity index (χ1n) is 3.96. The summed E-state index contributed by atoms with van der Waals surface area (Å²) in [5.74, 6) is 0.385. The fourth-order valence-corrected chi connectivity index (χ4v) is 1.42. The predicted molar refractivity (Wildman–Crippen MR) is 49.5 cm³/mol. The lowest BCUT2D eigenvalue weighted by Gasteiger charge is -1.91. The zero-order valence-corrected chi connectivity index (χ0v) is 6.91. The number of fused-ring (bicyclic) bond motifs is 1. The monoisotopic (exact) mass is 158 g/mol. The Morgan fingerprint density at radius 2 is 1.83 bits per heavy atom. The van der Waals surface area contributed by atoms with Gasteiger partial charge in [-0.25, -0.2) is 0 Å². The summed E-state index contributed by atoms with van der Waals surface area (Å²) in [6.07, 6.45) is 0. The highest BCUT2D eigenvalue weighted by Crippen LogP contribution is 2.34. The number of hydrogen-bond acceptors (Lipinski definition) is 1. The van der Waals surface area contributed by atoms with Crippen molar-refractivity contribution in [2.45, 2.75) is 6.92 Å². The molecule has 1 heteroatoms. The maximum absolute atomic E-state index is 9.42. The molecule has 12 heavy (non-hydrogen) atoms. The largest absolute Gasteiger partial charge is 0.508 e. The van der Waals surface area contributed by atoms with Crippen molar-refractivity contribution in [2.24, 2.45) is 0 Å². The van der Waals surface area contributed by atoms with Crippen LogP contribution in [0.2, 0.25) is 0 Å². The summed E-state index contributed by atoms with van der Waals surface area (Å²) in [5, 5.41) is 9.42. The van der Waals surface area contributed by atoms with Crippen LogP contribution in [0, 0.1) is 6.92 Å². The molecule has 0 aliphatic heterocycles. The van der Waals surface area contributed by atoms with Gasteiger partial charge in [0.15, 0.2) is 0 Å². The molecule has 1 N–H and O–H groups in total. The summed E-state index contributed by atoms with van der Waals surface area (Å²) in [5.41, 5.74) is 3.17. The first-order chi connectivity index (χ1) is 5.79. The smallest absolute Gasteiger partial charge is 0.119 e. The highest BCUT2D eigenvalue weighted by molar-refractivity contribution is 5.74. The maximum Gasteiger partial charge on any atom is 0.119 e. The van der Waals surface area contributed by atoms with Crippen LogP contribution in [0.5, 0.6) is 5.75 Å². The third-order valence-corrected chi connectivity index (χ3v) is 2.15. The fraction of sp³-hybridized carbons (Fsp3) is 0.0909. The molecule has 0 spiro atoms. The minimum Gasteiger partial charge on any atom is -0.508 e. The van der Waals surface area contributed by atoms with E-state index in [2.05, 4.69) is 0 Å². The number of hydrogen-bond donors (Lipinski definition) is 1. The molecule has 0 amide bonds. The molecule has 0 unspecified atom stereocenters. The van der Waals surface area contributed by atoms with Crippen molar-refractivity contribution in [3.63, 3.8) is 0 Å². The molecular formula is C11H10O. The van der Waals surface area contributed by atoms with Crippen LogP contribution in [0.3, 0.4) is 0 Å². The van der Waals surface area contributed by atoms with E-state index in [0.717, 1.165) is 16.7 Å². The summed E-state index contributed by atoms with van der Waals surface area (Å²) in [6.45, 7) is 1.93. The second-order valence-corrected chi connectivity index (χ2v) is 2.93. The van der Waals surface area contributed by atoms with Crippen molar-refractivity contribution in [1.82, 2.24) is 0 Å².